The first kappa shape index (κ1) is 17.2. The lowest BCUT2D eigenvalue weighted by molar-refractivity contribution is -0.127. The fourth-order valence-electron chi connectivity index (χ4n) is 3.41. The maximum Gasteiger partial charge on any atom is 0.262 e. The minimum Gasteiger partial charge on any atom is -0.477 e. The zero-order chi connectivity index (χ0) is 18.6. The Balaban J connectivity index is 1.57. The summed E-state index contributed by atoms with van der Waals surface area (Å²) in [4.78, 5) is 14.3. The molecule has 1 N–H and O–H groups in total. The molecule has 0 saturated carbocycles. The second kappa shape index (κ2) is 7.54. The number of hydrogen-bond acceptors (Lipinski definition) is 3. The summed E-state index contributed by atoms with van der Waals surface area (Å²) in [5.74, 6) is 0.646. The highest BCUT2D eigenvalue weighted by Gasteiger charge is 2.29. The van der Waals surface area contributed by atoms with E-state index < -0.39 is 6.10 Å². The predicted octanol–water partition coefficient (Wildman–Crippen LogP) is 3.87. The molecule has 1 atom stereocenters. The Morgan fingerprint density at radius 3 is 2.37 bits per heavy atom. The number of carbonyl (C=O) groups is 1. The lowest BCUT2D eigenvalue weighted by atomic mass is 10.0. The van der Waals surface area contributed by atoms with Crippen LogP contribution in [0.15, 0.2) is 78.9 Å². The van der Waals surface area contributed by atoms with Gasteiger partial charge < -0.3 is 15.0 Å². The van der Waals surface area contributed by atoms with Gasteiger partial charge in [0.25, 0.3) is 5.91 Å². The lowest BCUT2D eigenvalue weighted by Crippen LogP contribution is -2.47. The molecule has 0 fully saturated rings. The van der Waals surface area contributed by atoms with E-state index in [1.165, 1.54) is 16.7 Å². The van der Waals surface area contributed by atoms with E-state index in [1.54, 1.807) is 7.05 Å². The van der Waals surface area contributed by atoms with Crippen molar-refractivity contribution >= 4 is 11.6 Å². The molecule has 3 aromatic rings. The normalized spacial score (nSPS) is 15.6. The Hall–Kier alpha value is -3.27. The molecule has 0 bridgehead atoms. The Bertz CT molecular complexity index is 923. The number of para-hydroxylation sites is 2. The summed E-state index contributed by atoms with van der Waals surface area (Å²) in [6, 6.07) is 26.8. The Morgan fingerprint density at radius 2 is 1.63 bits per heavy atom. The van der Waals surface area contributed by atoms with Crippen LogP contribution >= 0.6 is 0 Å². The SMILES string of the molecule is CNC(=O)[C@H]1CN(Cc2ccc(-c3ccccc3)cc2)c2ccccc2O1. The average molecular weight is 358 g/mol. The number of ether oxygens (including phenoxy) is 1. The molecule has 0 saturated heterocycles. The maximum absolute atomic E-state index is 12.1. The molecule has 4 heteroatoms. The van der Waals surface area contributed by atoms with Gasteiger partial charge in [-0.15, -0.1) is 0 Å². The first-order chi connectivity index (χ1) is 13.2. The molecule has 4 rings (SSSR count). The zero-order valence-electron chi connectivity index (χ0n) is 15.3. The molecular formula is C23H22N2O2. The van der Waals surface area contributed by atoms with Gasteiger partial charge >= 0.3 is 0 Å². The average Bonchev–Trinajstić information content (AvgIpc) is 2.74. The van der Waals surface area contributed by atoms with Crippen LogP contribution in [0, 0.1) is 0 Å². The molecule has 1 aliphatic rings. The van der Waals surface area contributed by atoms with Crippen molar-refractivity contribution in [2.45, 2.75) is 12.6 Å². The van der Waals surface area contributed by atoms with Gasteiger partial charge in [0.1, 0.15) is 5.75 Å². The van der Waals surface area contributed by atoms with E-state index in [2.05, 4.69) is 46.6 Å². The van der Waals surface area contributed by atoms with Crippen LogP contribution in [0.2, 0.25) is 0 Å². The fourth-order valence-corrected chi connectivity index (χ4v) is 3.41. The van der Waals surface area contributed by atoms with Gasteiger partial charge in [0.2, 0.25) is 0 Å². The summed E-state index contributed by atoms with van der Waals surface area (Å²) in [6.07, 6.45) is -0.506. The third-order valence-corrected chi connectivity index (χ3v) is 4.83. The third kappa shape index (κ3) is 3.65. The van der Waals surface area contributed by atoms with Crippen molar-refractivity contribution in [1.29, 1.82) is 0 Å². The van der Waals surface area contributed by atoms with Gasteiger partial charge in [-0.25, -0.2) is 0 Å². The number of carbonyl (C=O) groups excluding carboxylic acids is 1. The minimum absolute atomic E-state index is 0.103. The molecule has 0 aliphatic carbocycles. The molecule has 1 amide bonds. The highest BCUT2D eigenvalue weighted by Crippen LogP contribution is 2.34. The van der Waals surface area contributed by atoms with E-state index in [9.17, 15) is 4.79 Å². The Kier molecular flexibility index (Phi) is 4.79. The number of anilines is 1. The highest BCUT2D eigenvalue weighted by atomic mass is 16.5. The minimum atomic E-state index is -0.506. The summed E-state index contributed by atoms with van der Waals surface area (Å²) >= 11 is 0. The zero-order valence-corrected chi connectivity index (χ0v) is 15.3. The van der Waals surface area contributed by atoms with Crippen LogP contribution in [0.3, 0.4) is 0 Å². The van der Waals surface area contributed by atoms with Crippen molar-refractivity contribution in [3.63, 3.8) is 0 Å². The Labute approximate surface area is 159 Å². The number of fused-ring (bicyclic) bond motifs is 1. The Morgan fingerprint density at radius 1 is 0.963 bits per heavy atom. The van der Waals surface area contributed by atoms with E-state index in [4.69, 9.17) is 4.74 Å². The fraction of sp³-hybridized carbons (Fsp3) is 0.174. The molecule has 0 radical (unpaired) electrons. The van der Waals surface area contributed by atoms with Crippen LogP contribution in [-0.2, 0) is 11.3 Å². The molecule has 0 aromatic heterocycles. The third-order valence-electron chi connectivity index (χ3n) is 4.83. The molecule has 136 valence electrons. The van der Waals surface area contributed by atoms with E-state index in [1.807, 2.05) is 42.5 Å². The number of nitrogens with one attached hydrogen (secondary N) is 1. The van der Waals surface area contributed by atoms with Crippen molar-refractivity contribution in [2.24, 2.45) is 0 Å². The molecule has 27 heavy (non-hydrogen) atoms. The van der Waals surface area contributed by atoms with Gasteiger partial charge in [0, 0.05) is 13.6 Å². The van der Waals surface area contributed by atoms with Crippen LogP contribution in [0.25, 0.3) is 11.1 Å². The van der Waals surface area contributed by atoms with Crippen LogP contribution in [0.4, 0.5) is 5.69 Å². The van der Waals surface area contributed by atoms with Crippen LogP contribution in [-0.4, -0.2) is 25.6 Å². The number of amides is 1. The molecule has 1 aliphatic heterocycles. The summed E-state index contributed by atoms with van der Waals surface area (Å²) in [7, 11) is 1.64. The van der Waals surface area contributed by atoms with E-state index >= 15 is 0 Å². The van der Waals surface area contributed by atoms with Crippen LogP contribution < -0.4 is 15.0 Å². The topological polar surface area (TPSA) is 41.6 Å². The van der Waals surface area contributed by atoms with Gasteiger partial charge in [-0.1, -0.05) is 66.7 Å². The number of nitrogens with zero attached hydrogens (tertiary/aromatic N) is 1. The molecular weight excluding hydrogens is 336 g/mol. The predicted molar refractivity (Wildman–Crippen MR) is 108 cm³/mol. The van der Waals surface area contributed by atoms with Gasteiger partial charge in [-0.2, -0.15) is 0 Å². The number of hydrogen-bond donors (Lipinski definition) is 1. The second-order valence-electron chi connectivity index (χ2n) is 6.63. The molecule has 4 nitrogen and oxygen atoms in total. The first-order valence-electron chi connectivity index (χ1n) is 9.11. The second-order valence-corrected chi connectivity index (χ2v) is 6.63. The van der Waals surface area contributed by atoms with Gasteiger partial charge in [0.05, 0.1) is 12.2 Å². The first-order valence-corrected chi connectivity index (χ1v) is 9.11. The quantitative estimate of drug-likeness (QED) is 0.770. The largest absolute Gasteiger partial charge is 0.477 e. The van der Waals surface area contributed by atoms with Crippen LogP contribution in [0.5, 0.6) is 5.75 Å². The van der Waals surface area contributed by atoms with Crippen molar-refractivity contribution in [2.75, 3.05) is 18.5 Å². The van der Waals surface area contributed by atoms with E-state index in [-0.39, 0.29) is 5.91 Å². The van der Waals surface area contributed by atoms with E-state index in [0.717, 1.165) is 18.0 Å². The molecule has 0 unspecified atom stereocenters. The van der Waals surface area contributed by atoms with Gasteiger partial charge in [-0.05, 0) is 28.8 Å². The van der Waals surface area contributed by atoms with Crippen molar-refractivity contribution < 1.29 is 9.53 Å². The summed E-state index contributed by atoms with van der Waals surface area (Å²) in [6.45, 7) is 1.25. The van der Waals surface area contributed by atoms with Crippen molar-refractivity contribution in [3.05, 3.63) is 84.4 Å². The summed E-state index contributed by atoms with van der Waals surface area (Å²) < 4.78 is 5.88. The summed E-state index contributed by atoms with van der Waals surface area (Å²) in [5, 5.41) is 2.68. The monoisotopic (exact) mass is 358 g/mol. The lowest BCUT2D eigenvalue weighted by Gasteiger charge is -2.35. The van der Waals surface area contributed by atoms with Crippen molar-refractivity contribution in [3.8, 4) is 16.9 Å². The van der Waals surface area contributed by atoms with Crippen LogP contribution in [0.1, 0.15) is 5.56 Å². The smallest absolute Gasteiger partial charge is 0.262 e. The number of likely N-dealkylation sites (N-methyl/N-ethyl adjacent to an activating group) is 1. The number of rotatable bonds is 4. The molecule has 0 spiro atoms. The van der Waals surface area contributed by atoms with Gasteiger partial charge in [0.15, 0.2) is 6.10 Å². The standard InChI is InChI=1S/C23H22N2O2/c1-24-23(26)22-16-25(20-9-5-6-10-21(20)27-22)15-17-11-13-19(14-12-17)18-7-3-2-4-8-18/h2-14,22H,15-16H2,1H3,(H,24,26)/t22-/m1/s1. The molecule has 1 heterocycles. The molecule has 3 aromatic carbocycles. The van der Waals surface area contributed by atoms with E-state index in [0.29, 0.717) is 6.54 Å². The number of benzene rings is 3. The maximum atomic E-state index is 12.1. The highest BCUT2D eigenvalue weighted by molar-refractivity contribution is 5.83. The van der Waals surface area contributed by atoms with Gasteiger partial charge in [-0.3, -0.25) is 4.79 Å². The van der Waals surface area contributed by atoms with Crippen molar-refractivity contribution in [1.82, 2.24) is 5.32 Å². The summed E-state index contributed by atoms with van der Waals surface area (Å²) in [5.41, 5.74) is 4.62.